The van der Waals surface area contributed by atoms with Gasteiger partial charge in [0, 0.05) is 11.8 Å². The van der Waals surface area contributed by atoms with E-state index in [1.165, 1.54) is 0 Å². The highest BCUT2D eigenvalue weighted by atomic mass is 35.5. The number of rotatable bonds is 3. The first-order valence-electron chi connectivity index (χ1n) is 4.58. The summed E-state index contributed by atoms with van der Waals surface area (Å²) in [4.78, 5) is 10.9. The highest BCUT2D eigenvalue weighted by Crippen LogP contribution is 2.31. The maximum absolute atomic E-state index is 12.7. The maximum Gasteiger partial charge on any atom is 0.338 e. The van der Waals surface area contributed by atoms with Gasteiger partial charge < -0.3 is 4.74 Å². The summed E-state index contributed by atoms with van der Waals surface area (Å²) in [6.45, 7) is 0. The van der Waals surface area contributed by atoms with Crippen molar-refractivity contribution in [1.82, 2.24) is 0 Å². The molecule has 0 saturated heterocycles. The van der Waals surface area contributed by atoms with Crippen molar-refractivity contribution in [3.8, 4) is 0 Å². The van der Waals surface area contributed by atoms with E-state index in [0.29, 0.717) is 0 Å². The monoisotopic (exact) mass is 298 g/mol. The van der Waals surface area contributed by atoms with Crippen LogP contribution >= 0.6 is 11.6 Å². The summed E-state index contributed by atoms with van der Waals surface area (Å²) >= 11 is 5.61. The molecule has 18 heavy (non-hydrogen) atoms. The quantitative estimate of drug-likeness (QED) is 0.804. The van der Waals surface area contributed by atoms with Crippen molar-refractivity contribution in [3.63, 3.8) is 0 Å². The van der Waals surface area contributed by atoms with Crippen LogP contribution in [0.3, 0.4) is 0 Å². The van der Waals surface area contributed by atoms with Gasteiger partial charge in [-0.1, -0.05) is 11.6 Å². The Kier molecular flexibility index (Phi) is 4.28. The fourth-order valence-electron chi connectivity index (χ4n) is 1.32. The molecule has 0 heterocycles. The van der Waals surface area contributed by atoms with E-state index in [0.717, 1.165) is 25.5 Å². The highest BCUT2D eigenvalue weighted by molar-refractivity contribution is 7.90. The fraction of sp³-hybridized carbons (Fsp3) is 0.300. The van der Waals surface area contributed by atoms with E-state index in [2.05, 4.69) is 4.74 Å². The lowest BCUT2D eigenvalue weighted by molar-refractivity contribution is 0.0589. The summed E-state index contributed by atoms with van der Waals surface area (Å²) < 4.78 is 52.5. The standard InChI is InChI=1S/C10H9ClF2O4S/c1-17-10(14)6-4-8(18(2,15)16)7(11)3-5(6)9(12)13/h3-4,9H,1-2H3. The van der Waals surface area contributed by atoms with Gasteiger partial charge in [-0.05, 0) is 12.1 Å². The largest absolute Gasteiger partial charge is 0.465 e. The number of ether oxygens (including phenoxy) is 1. The van der Waals surface area contributed by atoms with Crippen LogP contribution in [0.25, 0.3) is 0 Å². The normalized spacial score (nSPS) is 11.7. The molecular formula is C10H9ClF2O4S. The first-order chi connectivity index (χ1) is 8.18. The van der Waals surface area contributed by atoms with Crippen LogP contribution in [0.2, 0.25) is 5.02 Å². The smallest absolute Gasteiger partial charge is 0.338 e. The molecular weight excluding hydrogens is 290 g/mol. The minimum Gasteiger partial charge on any atom is -0.465 e. The molecule has 0 spiro atoms. The van der Waals surface area contributed by atoms with Crippen LogP contribution in [-0.4, -0.2) is 27.8 Å². The lowest BCUT2D eigenvalue weighted by Crippen LogP contribution is -2.09. The van der Waals surface area contributed by atoms with E-state index in [9.17, 15) is 22.0 Å². The van der Waals surface area contributed by atoms with Crippen molar-refractivity contribution in [2.75, 3.05) is 13.4 Å². The summed E-state index contributed by atoms with van der Waals surface area (Å²) in [5, 5.41) is -0.361. The lowest BCUT2D eigenvalue weighted by Gasteiger charge is -2.10. The SMILES string of the molecule is COC(=O)c1cc(S(C)(=O)=O)c(Cl)cc1C(F)F. The second kappa shape index (κ2) is 5.19. The molecule has 0 unspecified atom stereocenters. The summed E-state index contributed by atoms with van der Waals surface area (Å²) in [7, 11) is -2.72. The van der Waals surface area contributed by atoms with Gasteiger partial charge in [-0.25, -0.2) is 22.0 Å². The first-order valence-corrected chi connectivity index (χ1v) is 6.85. The van der Waals surface area contributed by atoms with E-state index < -0.39 is 38.3 Å². The predicted octanol–water partition coefficient (Wildman–Crippen LogP) is 2.47. The third kappa shape index (κ3) is 2.97. The predicted molar refractivity (Wildman–Crippen MR) is 60.9 cm³/mol. The summed E-state index contributed by atoms with van der Waals surface area (Å²) in [6.07, 6.45) is -2.11. The molecule has 0 atom stereocenters. The van der Waals surface area contributed by atoms with Crippen molar-refractivity contribution in [2.24, 2.45) is 0 Å². The zero-order chi connectivity index (χ0) is 14.1. The van der Waals surface area contributed by atoms with Crippen LogP contribution in [0.15, 0.2) is 17.0 Å². The number of hydrogen-bond donors (Lipinski definition) is 0. The number of halogens is 3. The molecule has 0 radical (unpaired) electrons. The van der Waals surface area contributed by atoms with E-state index in [4.69, 9.17) is 11.6 Å². The molecule has 0 aromatic heterocycles. The van der Waals surface area contributed by atoms with Crippen molar-refractivity contribution in [3.05, 3.63) is 28.3 Å². The summed E-state index contributed by atoms with van der Waals surface area (Å²) in [5.74, 6) is -1.05. The van der Waals surface area contributed by atoms with Gasteiger partial charge in [0.2, 0.25) is 0 Å². The number of esters is 1. The number of sulfone groups is 1. The molecule has 0 N–H and O–H groups in total. The Balaban J connectivity index is 3.61. The number of hydrogen-bond acceptors (Lipinski definition) is 4. The third-order valence-electron chi connectivity index (χ3n) is 2.14. The third-order valence-corrected chi connectivity index (χ3v) is 3.71. The Morgan fingerprint density at radius 2 is 1.94 bits per heavy atom. The first kappa shape index (κ1) is 14.8. The van der Waals surface area contributed by atoms with Crippen molar-refractivity contribution >= 4 is 27.4 Å². The number of carbonyl (C=O) groups is 1. The van der Waals surface area contributed by atoms with Crippen LogP contribution in [0, 0.1) is 0 Å². The summed E-state index contributed by atoms with van der Waals surface area (Å²) in [6, 6.07) is 1.56. The molecule has 1 aromatic rings. The lowest BCUT2D eigenvalue weighted by atomic mass is 10.1. The molecule has 0 saturated carbocycles. The second-order valence-corrected chi connectivity index (χ2v) is 5.83. The van der Waals surface area contributed by atoms with Crippen LogP contribution in [0.1, 0.15) is 22.3 Å². The average molecular weight is 299 g/mol. The Hall–Kier alpha value is -1.21. The number of methoxy groups -OCH3 is 1. The summed E-state index contributed by atoms with van der Waals surface area (Å²) in [5.41, 5.74) is -1.18. The Morgan fingerprint density at radius 3 is 2.33 bits per heavy atom. The van der Waals surface area contributed by atoms with Crippen molar-refractivity contribution < 1.29 is 26.7 Å². The molecule has 1 aromatic carbocycles. The maximum atomic E-state index is 12.7. The van der Waals surface area contributed by atoms with Gasteiger partial charge in [0.1, 0.15) is 0 Å². The molecule has 0 bridgehead atoms. The van der Waals surface area contributed by atoms with E-state index in [-0.39, 0.29) is 5.02 Å². The highest BCUT2D eigenvalue weighted by Gasteiger charge is 2.24. The molecule has 4 nitrogen and oxygen atoms in total. The topological polar surface area (TPSA) is 60.4 Å². The Morgan fingerprint density at radius 1 is 1.39 bits per heavy atom. The number of carbonyl (C=O) groups excluding carboxylic acids is 1. The molecule has 8 heteroatoms. The van der Waals surface area contributed by atoms with Crippen molar-refractivity contribution in [1.29, 1.82) is 0 Å². The van der Waals surface area contributed by atoms with Crippen LogP contribution in [0.5, 0.6) is 0 Å². The minimum atomic E-state index is -3.72. The zero-order valence-electron chi connectivity index (χ0n) is 9.41. The van der Waals surface area contributed by atoms with Gasteiger partial charge in [0.05, 0.1) is 22.6 Å². The van der Waals surface area contributed by atoms with E-state index in [1.807, 2.05) is 0 Å². The fourth-order valence-corrected chi connectivity index (χ4v) is 2.66. The van der Waals surface area contributed by atoms with Gasteiger partial charge >= 0.3 is 5.97 Å². The van der Waals surface area contributed by atoms with Gasteiger partial charge in [0.15, 0.2) is 9.84 Å². The van der Waals surface area contributed by atoms with E-state index >= 15 is 0 Å². The van der Waals surface area contributed by atoms with Crippen LogP contribution in [-0.2, 0) is 14.6 Å². The van der Waals surface area contributed by atoms with Gasteiger partial charge in [-0.15, -0.1) is 0 Å². The average Bonchev–Trinajstić information content (AvgIpc) is 2.25. The van der Waals surface area contributed by atoms with Gasteiger partial charge in [-0.3, -0.25) is 0 Å². The zero-order valence-corrected chi connectivity index (χ0v) is 11.0. The number of benzene rings is 1. The van der Waals surface area contributed by atoms with Crippen molar-refractivity contribution in [2.45, 2.75) is 11.3 Å². The Bertz CT molecular complexity index is 584. The Labute approximate surface area is 107 Å². The molecule has 1 rings (SSSR count). The van der Waals surface area contributed by atoms with Crippen LogP contribution < -0.4 is 0 Å². The number of alkyl halides is 2. The molecule has 0 aliphatic carbocycles. The van der Waals surface area contributed by atoms with Gasteiger partial charge in [0.25, 0.3) is 6.43 Å². The molecule has 100 valence electrons. The molecule has 0 fully saturated rings. The van der Waals surface area contributed by atoms with Gasteiger partial charge in [-0.2, -0.15) is 0 Å². The molecule has 0 aliphatic heterocycles. The minimum absolute atomic E-state index is 0.361. The van der Waals surface area contributed by atoms with Crippen LogP contribution in [0.4, 0.5) is 8.78 Å². The molecule has 0 aliphatic rings. The second-order valence-electron chi connectivity index (χ2n) is 3.43. The molecule has 0 amide bonds. The van der Waals surface area contributed by atoms with E-state index in [1.54, 1.807) is 0 Å².